The normalized spacial score (nSPS) is 13.8. The Morgan fingerprint density at radius 3 is 2.62 bits per heavy atom. The number of nitrogens with zero attached hydrogens (tertiary/aromatic N) is 1. The van der Waals surface area contributed by atoms with Gasteiger partial charge >= 0.3 is 0 Å². The maximum Gasteiger partial charge on any atom is 0.299 e. The molecule has 1 heterocycles. The second-order valence-corrected chi connectivity index (χ2v) is 5.00. The first kappa shape index (κ1) is 13.7. The van der Waals surface area contributed by atoms with E-state index in [1.807, 2.05) is 0 Å². The third kappa shape index (κ3) is 2.19. The fraction of sp³-hybridized carbons (Fsp3) is 0.0667. The summed E-state index contributed by atoms with van der Waals surface area (Å²) in [4.78, 5) is 24.8. The monoisotopic (exact) mass is 307 g/mol. The van der Waals surface area contributed by atoms with E-state index in [1.165, 1.54) is 24.3 Å². The van der Waals surface area contributed by atoms with Gasteiger partial charge in [0.05, 0.1) is 17.8 Å². The number of carbonyl (C=O) groups is 2. The number of carbonyl (C=O) groups excluding carboxylic acids is 2. The van der Waals surface area contributed by atoms with E-state index in [0.717, 1.165) is 17.0 Å². The Balaban J connectivity index is 2.06. The van der Waals surface area contributed by atoms with Crippen molar-refractivity contribution in [2.75, 3.05) is 4.90 Å². The minimum atomic E-state index is -0.851. The van der Waals surface area contributed by atoms with E-state index < -0.39 is 23.3 Å². The first-order valence-electron chi connectivity index (χ1n) is 6.07. The molecule has 0 saturated carbocycles. The lowest BCUT2D eigenvalue weighted by Crippen LogP contribution is -2.29. The Kier molecular flexibility index (Phi) is 3.22. The van der Waals surface area contributed by atoms with Crippen LogP contribution < -0.4 is 4.90 Å². The lowest BCUT2D eigenvalue weighted by atomic mass is 10.1. The van der Waals surface area contributed by atoms with Crippen LogP contribution in [0.5, 0.6) is 0 Å². The molecule has 1 aliphatic heterocycles. The van der Waals surface area contributed by atoms with Gasteiger partial charge in [-0.3, -0.25) is 14.5 Å². The Morgan fingerprint density at radius 1 is 1.10 bits per heavy atom. The smallest absolute Gasteiger partial charge is 0.297 e. The van der Waals surface area contributed by atoms with E-state index in [1.54, 1.807) is 0 Å². The van der Waals surface area contributed by atoms with Crippen LogP contribution in [0.25, 0.3) is 0 Å². The standard InChI is InChI=1S/C15H8ClF2NO2/c16-11-5-4-9(17)6-8(11)7-19-13-10(14(20)15(19)21)2-1-3-12(13)18/h1-6H,7H2. The fourth-order valence-corrected chi connectivity index (χ4v) is 2.48. The van der Waals surface area contributed by atoms with Gasteiger partial charge in [-0.1, -0.05) is 17.7 Å². The fourth-order valence-electron chi connectivity index (χ4n) is 2.30. The third-order valence-corrected chi connectivity index (χ3v) is 3.65. The number of rotatable bonds is 2. The van der Waals surface area contributed by atoms with Crippen LogP contribution in [0.3, 0.4) is 0 Å². The molecular weight excluding hydrogens is 300 g/mol. The van der Waals surface area contributed by atoms with E-state index in [2.05, 4.69) is 0 Å². The molecule has 0 aliphatic carbocycles. The van der Waals surface area contributed by atoms with Crippen LogP contribution in [-0.4, -0.2) is 11.7 Å². The van der Waals surface area contributed by atoms with Gasteiger partial charge in [0.1, 0.15) is 11.6 Å². The van der Waals surface area contributed by atoms with Gasteiger partial charge in [-0.15, -0.1) is 0 Å². The maximum absolute atomic E-state index is 13.9. The van der Waals surface area contributed by atoms with Crippen LogP contribution >= 0.6 is 11.6 Å². The average Bonchev–Trinajstić information content (AvgIpc) is 2.69. The van der Waals surface area contributed by atoms with E-state index >= 15 is 0 Å². The van der Waals surface area contributed by atoms with Gasteiger partial charge in [0.2, 0.25) is 0 Å². The number of amides is 1. The van der Waals surface area contributed by atoms with Crippen LogP contribution in [0.2, 0.25) is 5.02 Å². The largest absolute Gasteiger partial charge is 0.299 e. The van der Waals surface area contributed by atoms with Crippen molar-refractivity contribution in [3.8, 4) is 0 Å². The molecule has 1 amide bonds. The average molecular weight is 308 g/mol. The summed E-state index contributed by atoms with van der Waals surface area (Å²) in [6.07, 6.45) is 0. The van der Waals surface area contributed by atoms with E-state index in [0.29, 0.717) is 5.56 Å². The summed E-state index contributed by atoms with van der Waals surface area (Å²) in [6, 6.07) is 7.57. The number of anilines is 1. The zero-order valence-corrected chi connectivity index (χ0v) is 11.3. The van der Waals surface area contributed by atoms with Gasteiger partial charge in [0, 0.05) is 5.02 Å². The summed E-state index contributed by atoms with van der Waals surface area (Å²) in [5, 5.41) is 0.237. The van der Waals surface area contributed by atoms with Crippen molar-refractivity contribution in [3.63, 3.8) is 0 Å². The van der Waals surface area contributed by atoms with Crippen molar-refractivity contribution in [2.24, 2.45) is 0 Å². The highest BCUT2D eigenvalue weighted by molar-refractivity contribution is 6.52. The molecule has 0 saturated heterocycles. The molecule has 3 nitrogen and oxygen atoms in total. The minimum Gasteiger partial charge on any atom is -0.297 e. The molecule has 3 rings (SSSR count). The highest BCUT2D eigenvalue weighted by Gasteiger charge is 2.38. The second-order valence-electron chi connectivity index (χ2n) is 4.59. The van der Waals surface area contributed by atoms with Crippen LogP contribution in [0.4, 0.5) is 14.5 Å². The SMILES string of the molecule is O=C1C(=O)N(Cc2cc(F)ccc2Cl)c2c(F)cccc21. The molecule has 0 bridgehead atoms. The molecule has 6 heteroatoms. The molecule has 0 aromatic heterocycles. The summed E-state index contributed by atoms with van der Waals surface area (Å²) in [6.45, 7) is -0.172. The number of Topliss-reactive ketones (excluding diaryl/α,β-unsaturated/α-hetero) is 1. The Labute approximate surface area is 123 Å². The Bertz CT molecular complexity index is 776. The van der Waals surface area contributed by atoms with Crippen molar-refractivity contribution in [1.82, 2.24) is 0 Å². The van der Waals surface area contributed by atoms with Gasteiger partial charge in [-0.2, -0.15) is 0 Å². The van der Waals surface area contributed by atoms with Crippen LogP contribution in [-0.2, 0) is 11.3 Å². The molecule has 1 aliphatic rings. The molecule has 0 fully saturated rings. The molecule has 0 spiro atoms. The molecule has 0 N–H and O–H groups in total. The molecule has 0 atom stereocenters. The Morgan fingerprint density at radius 2 is 1.86 bits per heavy atom. The van der Waals surface area contributed by atoms with Gasteiger partial charge in [-0.25, -0.2) is 8.78 Å². The highest BCUT2D eigenvalue weighted by Crippen LogP contribution is 2.33. The number of para-hydroxylation sites is 1. The third-order valence-electron chi connectivity index (χ3n) is 3.28. The maximum atomic E-state index is 13.9. The number of benzene rings is 2. The number of halogens is 3. The lowest BCUT2D eigenvalue weighted by molar-refractivity contribution is -0.114. The van der Waals surface area contributed by atoms with E-state index in [9.17, 15) is 18.4 Å². The number of hydrogen-bond acceptors (Lipinski definition) is 2. The quantitative estimate of drug-likeness (QED) is 0.798. The first-order chi connectivity index (χ1) is 9.99. The topological polar surface area (TPSA) is 37.4 Å². The summed E-state index contributed by atoms with van der Waals surface area (Å²) in [5.74, 6) is -2.84. The zero-order valence-electron chi connectivity index (χ0n) is 10.6. The summed E-state index contributed by atoms with van der Waals surface area (Å²) < 4.78 is 27.2. The summed E-state index contributed by atoms with van der Waals surface area (Å²) in [7, 11) is 0. The molecular formula is C15H8ClF2NO2. The molecule has 2 aromatic rings. The minimum absolute atomic E-state index is 0.00697. The van der Waals surface area contributed by atoms with Crippen molar-refractivity contribution in [1.29, 1.82) is 0 Å². The van der Waals surface area contributed by atoms with Crippen LogP contribution in [0.15, 0.2) is 36.4 Å². The van der Waals surface area contributed by atoms with Crippen molar-refractivity contribution in [3.05, 3.63) is 64.2 Å². The molecule has 106 valence electrons. The van der Waals surface area contributed by atoms with Gasteiger partial charge in [-0.05, 0) is 35.9 Å². The van der Waals surface area contributed by atoms with Crippen molar-refractivity contribution >= 4 is 29.0 Å². The van der Waals surface area contributed by atoms with Gasteiger partial charge in [0.25, 0.3) is 11.7 Å². The predicted molar refractivity (Wildman–Crippen MR) is 73.3 cm³/mol. The van der Waals surface area contributed by atoms with E-state index in [-0.39, 0.29) is 22.8 Å². The predicted octanol–water partition coefficient (Wildman–Crippen LogP) is 3.35. The van der Waals surface area contributed by atoms with Crippen LogP contribution in [0, 0.1) is 11.6 Å². The van der Waals surface area contributed by atoms with Crippen molar-refractivity contribution < 1.29 is 18.4 Å². The molecule has 0 radical (unpaired) electrons. The second kappa shape index (κ2) is 4.93. The molecule has 21 heavy (non-hydrogen) atoms. The zero-order chi connectivity index (χ0) is 15.1. The van der Waals surface area contributed by atoms with Crippen LogP contribution in [0.1, 0.15) is 15.9 Å². The molecule has 2 aromatic carbocycles. The van der Waals surface area contributed by atoms with Gasteiger partial charge in [0.15, 0.2) is 0 Å². The number of hydrogen-bond donors (Lipinski definition) is 0. The number of ketones is 1. The molecule has 0 unspecified atom stereocenters. The number of fused-ring (bicyclic) bond motifs is 1. The van der Waals surface area contributed by atoms with E-state index in [4.69, 9.17) is 11.6 Å². The highest BCUT2D eigenvalue weighted by atomic mass is 35.5. The van der Waals surface area contributed by atoms with Crippen molar-refractivity contribution in [2.45, 2.75) is 6.54 Å². The first-order valence-corrected chi connectivity index (χ1v) is 6.45. The Hall–Kier alpha value is -2.27. The van der Waals surface area contributed by atoms with Gasteiger partial charge < -0.3 is 0 Å². The lowest BCUT2D eigenvalue weighted by Gasteiger charge is -2.17. The summed E-state index contributed by atoms with van der Waals surface area (Å²) in [5.41, 5.74) is 0.217. The summed E-state index contributed by atoms with van der Waals surface area (Å²) >= 11 is 5.94.